The number of rotatable bonds is 17. The average molecular weight is 1880 g/mol. The van der Waals surface area contributed by atoms with Gasteiger partial charge in [-0.2, -0.15) is 39.1 Å². The molecular formula is C115H148N2O20. The van der Waals surface area contributed by atoms with E-state index in [9.17, 15) is 24.0 Å². The molecule has 2 amide bonds. The van der Waals surface area contributed by atoms with Crippen molar-refractivity contribution in [2.75, 3.05) is 13.1 Å². The van der Waals surface area contributed by atoms with Crippen molar-refractivity contribution < 1.29 is 96.2 Å². The van der Waals surface area contributed by atoms with Gasteiger partial charge in [0.25, 0.3) is 5.91 Å². The smallest absolute Gasteiger partial charge is 0.415 e. The van der Waals surface area contributed by atoms with Gasteiger partial charge in [0.2, 0.25) is 46.3 Å². The summed E-state index contributed by atoms with van der Waals surface area (Å²) in [6.45, 7) is 8.90. The first-order valence-electron chi connectivity index (χ1n) is 54.5. The van der Waals surface area contributed by atoms with E-state index in [1.807, 2.05) is 79.7 Å². The second kappa shape index (κ2) is 38.3. The summed E-state index contributed by atoms with van der Waals surface area (Å²) in [7, 11) is 0. The Morgan fingerprint density at radius 3 is 0.964 bits per heavy atom. The molecule has 20 aliphatic carbocycles. The SMILES string of the molecule is CC(=O)CCC(=O)Oc1ccc(C2CCC[C@]3(C2)OOC2(O3)C3CC4CC(C3)CC2C4)cc1.CCCCC(=O)Oc1ccc(C2CCC[C@]3(C2)OOC2(O3)C3CC4CC(C3)CC2C4)cc1.CCCc1ccc(C2CCC[C@]3(C2)OOC2(O3)C3CC4CC(C3)CC2C4)cc1.Cc1ccc(C(=O)NC2CCN(C(=O)Oc3ccc([C@@H]4CCC[C@]5(C4)OOC4(O5)C5CC6CC(C5)CC4C6)cc3)CC2)cc1. The van der Waals surface area contributed by atoms with Crippen LogP contribution in [0.2, 0.25) is 0 Å². The Hall–Kier alpha value is -7.03. The highest BCUT2D eigenvalue weighted by molar-refractivity contribution is 5.94. The lowest BCUT2D eigenvalue weighted by Gasteiger charge is -2.57. The van der Waals surface area contributed by atoms with Crippen molar-refractivity contribution in [3.05, 3.63) is 160 Å². The number of carbonyl (C=O) groups is 5. The predicted molar refractivity (Wildman–Crippen MR) is 508 cm³/mol. The van der Waals surface area contributed by atoms with Gasteiger partial charge >= 0.3 is 18.0 Å². The van der Waals surface area contributed by atoms with Crippen molar-refractivity contribution in [2.24, 2.45) is 94.7 Å². The quantitative estimate of drug-likeness (QED) is 0.0517. The molecule has 1 N–H and O–H groups in total. The number of likely N-dealkylation sites (tertiary alicyclic amines) is 1. The van der Waals surface area contributed by atoms with Crippen LogP contribution in [-0.4, -0.2) is 100 Å². The maximum Gasteiger partial charge on any atom is 0.415 e. The Balaban J connectivity index is 0.000000104. The monoisotopic (exact) mass is 1880 g/mol. The highest BCUT2D eigenvalue weighted by Crippen LogP contribution is 2.70. The van der Waals surface area contributed by atoms with Crippen LogP contribution in [0.3, 0.4) is 0 Å². The van der Waals surface area contributed by atoms with Crippen molar-refractivity contribution >= 4 is 29.7 Å². The minimum absolute atomic E-state index is 0.00991. The maximum atomic E-state index is 12.9. The van der Waals surface area contributed by atoms with Gasteiger partial charge in [-0.15, -0.1) is 0 Å². The van der Waals surface area contributed by atoms with Crippen molar-refractivity contribution in [2.45, 2.75) is 393 Å². The third-order valence-electron chi connectivity index (χ3n) is 38.0. The number of ether oxygens (including phenoxy) is 7. The number of hydrogen-bond acceptors (Lipinski definition) is 20. The van der Waals surface area contributed by atoms with Crippen LogP contribution in [0.15, 0.2) is 121 Å². The summed E-state index contributed by atoms with van der Waals surface area (Å²) in [4.78, 5) is 112. The summed E-state index contributed by atoms with van der Waals surface area (Å²) >= 11 is 0. The summed E-state index contributed by atoms with van der Waals surface area (Å²) in [6, 6.07) is 40.7. The van der Waals surface area contributed by atoms with Gasteiger partial charge < -0.3 is 48.2 Å². The van der Waals surface area contributed by atoms with Crippen molar-refractivity contribution in [1.29, 1.82) is 0 Å². The van der Waals surface area contributed by atoms with Crippen LogP contribution in [0.25, 0.3) is 0 Å². The molecule has 5 aromatic rings. The number of hydrogen-bond donors (Lipinski definition) is 1. The number of carbonyl (C=O) groups excluding carboxylic acids is 5. The topological polar surface area (TPSA) is 239 Å². The van der Waals surface area contributed by atoms with Crippen LogP contribution < -0.4 is 19.5 Å². The molecule has 738 valence electrons. The van der Waals surface area contributed by atoms with Gasteiger partial charge in [-0.25, -0.2) is 4.79 Å². The molecule has 25 fully saturated rings. The Labute approximate surface area is 809 Å². The number of nitrogens with zero attached hydrogens (tertiary/aromatic N) is 1. The van der Waals surface area contributed by atoms with E-state index in [4.69, 9.17) is 72.3 Å². The molecule has 5 aliphatic heterocycles. The second-order valence-electron chi connectivity index (χ2n) is 47.4. The lowest BCUT2D eigenvalue weighted by atomic mass is 9.53. The maximum absolute atomic E-state index is 12.9. The summed E-state index contributed by atoms with van der Waals surface area (Å²) < 4.78 is 44.3. The fraction of sp³-hybridized carbons (Fsp3) is 0.696. The molecule has 22 heteroatoms. The first kappa shape index (κ1) is 93.6. The molecule has 25 aliphatic rings. The summed E-state index contributed by atoms with van der Waals surface area (Å²) in [6.07, 6.45) is 47.4. The molecule has 137 heavy (non-hydrogen) atoms. The molecule has 20 saturated carbocycles. The van der Waals surface area contributed by atoms with Crippen molar-refractivity contribution in [1.82, 2.24) is 10.2 Å². The largest absolute Gasteiger partial charge is 0.427 e. The number of amides is 2. The molecule has 5 aromatic carbocycles. The minimum Gasteiger partial charge on any atom is -0.427 e. The lowest BCUT2D eigenvalue weighted by Crippen LogP contribution is -2.59. The van der Waals surface area contributed by atoms with E-state index < -0.39 is 46.3 Å². The van der Waals surface area contributed by atoms with E-state index in [-0.39, 0.29) is 48.6 Å². The molecular weight excluding hydrogens is 1730 g/mol. The summed E-state index contributed by atoms with van der Waals surface area (Å²) in [5, 5.41) is 3.11. The van der Waals surface area contributed by atoms with E-state index >= 15 is 0 Å². The number of nitrogens with one attached hydrogen (secondary N) is 1. The number of Topliss-reactive ketones (excluding diaryl/α,β-unsaturated/α-hetero) is 1. The Morgan fingerprint density at radius 1 is 0.350 bits per heavy atom. The zero-order chi connectivity index (χ0) is 93.1. The summed E-state index contributed by atoms with van der Waals surface area (Å²) in [5.41, 5.74) is 8.35. The zero-order valence-corrected chi connectivity index (χ0v) is 81.5. The minimum atomic E-state index is -0.658. The number of ketones is 1. The normalized spacial score (nSPS) is 40.9. The predicted octanol–water partition coefficient (Wildman–Crippen LogP) is 24.7. The Bertz CT molecular complexity index is 5020. The van der Waals surface area contributed by atoms with Gasteiger partial charge in [0.1, 0.15) is 23.0 Å². The number of esters is 2. The van der Waals surface area contributed by atoms with Gasteiger partial charge in [0, 0.05) is 136 Å². The van der Waals surface area contributed by atoms with Gasteiger partial charge in [-0.3, -0.25) is 14.4 Å². The molecule has 8 atom stereocenters. The van der Waals surface area contributed by atoms with Crippen LogP contribution in [0.4, 0.5) is 4.79 Å². The van der Waals surface area contributed by atoms with Crippen LogP contribution in [-0.2, 0) is 78.9 Å². The molecule has 22 nitrogen and oxygen atoms in total. The van der Waals surface area contributed by atoms with Crippen LogP contribution in [0.1, 0.15) is 371 Å². The Morgan fingerprint density at radius 2 is 0.657 bits per heavy atom. The first-order valence-corrected chi connectivity index (χ1v) is 54.5. The van der Waals surface area contributed by atoms with E-state index in [1.165, 1.54) is 182 Å². The van der Waals surface area contributed by atoms with E-state index in [2.05, 4.69) is 67.7 Å². The lowest BCUT2D eigenvalue weighted by molar-refractivity contribution is -0.390. The number of aryl methyl sites for hydroxylation is 2. The molecule has 3 unspecified atom stereocenters. The van der Waals surface area contributed by atoms with Crippen molar-refractivity contribution in [3.8, 4) is 17.2 Å². The highest BCUT2D eigenvalue weighted by atomic mass is 17.3. The van der Waals surface area contributed by atoms with Gasteiger partial charge in [-0.05, 0) is 367 Å². The standard InChI is InChI=1S/C36H44N2O6.C27H34O6.C27H36O5.C25H34O3/c1-23-4-6-27(7-5-23)33(39)37-31-12-15-38(16-13-31)34(40)41-32-10-8-26(9-11-32)28-3-2-14-35(22-28)42-36(44-43-35)29-18-24-17-25(20-29)21-30(36)19-24;1-17(28)4-9-25(29)30-24-7-5-20(6-8-24)21-3-2-10-26(16-21)31-27(33-32-26)22-12-18-11-19(14-22)15-23(27)13-18;1-2-3-6-25(28)29-24-9-7-20(8-10-24)21-5-4-11-26(17-21)30-27(32-31-26)22-13-18-12-19(15-22)16-23(27)14-18;1-2-4-17-6-8-20(9-7-17)21-5-3-10-24(16-21)26-25(28-27-24)22-12-18-11-19(14-22)15-23(25)13-18/h4-11,24-25,28-31H,2-3,12-22H2,1H3,(H,37,39);5-8,18-19,21-23H,2-4,9-16H2,1H3;7-10,18-19,21-23H,2-6,11-17H2,1H3;6-9,18-19,21-23H,2-5,10-16H2,1H3/t24?,25?,28-,29?,30?,35-,36?;2*18?,19?,21?,22?,23?,26-,27?;18?,19?,21?,22?,23?,24-,25?/m1111/s1. The highest BCUT2D eigenvalue weighted by Gasteiger charge is 2.72. The molecule has 5 heterocycles. The average Bonchev–Trinajstić information content (AvgIpc) is 1.48. The van der Waals surface area contributed by atoms with E-state index in [0.717, 1.165) is 162 Å². The number of benzene rings is 5. The molecule has 0 radical (unpaired) electrons. The van der Waals surface area contributed by atoms with Crippen molar-refractivity contribution in [3.63, 3.8) is 0 Å². The Kier molecular flexibility index (Phi) is 26.1. The molecule has 0 aromatic heterocycles. The number of piperidine rings is 1. The number of unbranched alkanes of at least 4 members (excludes halogenated alkanes) is 1. The van der Waals surface area contributed by atoms with E-state index in [1.54, 1.807) is 4.90 Å². The third kappa shape index (κ3) is 18.8. The fourth-order valence-electron chi connectivity index (χ4n) is 32.0. The second-order valence-corrected chi connectivity index (χ2v) is 47.4. The molecule has 30 rings (SSSR count). The zero-order valence-electron chi connectivity index (χ0n) is 81.5. The third-order valence-corrected chi connectivity index (χ3v) is 38.0. The first-order chi connectivity index (χ1) is 66.5. The van der Waals surface area contributed by atoms with E-state index in [0.29, 0.717) is 126 Å². The van der Waals surface area contributed by atoms with Crippen LogP contribution in [0.5, 0.6) is 17.2 Å². The molecule has 16 bridgehead atoms. The molecule has 8 spiro atoms. The van der Waals surface area contributed by atoms with Gasteiger partial charge in [0.05, 0.1) is 6.42 Å². The van der Waals surface area contributed by atoms with Crippen LogP contribution >= 0.6 is 0 Å². The van der Waals surface area contributed by atoms with Gasteiger partial charge in [0.15, 0.2) is 0 Å². The van der Waals surface area contributed by atoms with Gasteiger partial charge in [-0.1, -0.05) is 105 Å². The summed E-state index contributed by atoms with van der Waals surface area (Å²) in [5.74, 6) is 9.18. The fourth-order valence-corrected chi connectivity index (χ4v) is 32.0. The van der Waals surface area contributed by atoms with Crippen LogP contribution in [0, 0.1) is 102 Å². The molecule has 5 saturated heterocycles.